The number of aromatic nitrogens is 2. The van der Waals surface area contributed by atoms with Gasteiger partial charge in [0.2, 0.25) is 0 Å². The third-order valence-corrected chi connectivity index (χ3v) is 16.0. The second-order valence-corrected chi connectivity index (χ2v) is 20.7. The van der Waals surface area contributed by atoms with Crippen molar-refractivity contribution in [2.75, 3.05) is 9.80 Å². The zero-order chi connectivity index (χ0) is 51.5. The summed E-state index contributed by atoms with van der Waals surface area (Å²) >= 11 is 1.76. The van der Waals surface area contributed by atoms with Crippen LogP contribution in [0.25, 0.3) is 94.4 Å². The Bertz CT molecular complexity index is 4160. The maximum absolute atomic E-state index is 6.78. The smallest absolute Gasteiger partial charge is 0.135 e. The van der Waals surface area contributed by atoms with Crippen molar-refractivity contribution in [1.29, 1.82) is 0 Å². The largest absolute Gasteiger partial charge is 0.509 e. The van der Waals surface area contributed by atoms with Gasteiger partial charge in [-0.15, -0.1) is 36.3 Å². The first-order chi connectivity index (χ1) is 38.6. The van der Waals surface area contributed by atoms with Crippen LogP contribution < -0.4 is 14.5 Å². The quantitative estimate of drug-likeness (QED) is 0.127. The van der Waals surface area contributed by atoms with Gasteiger partial charge in [-0.05, 0) is 128 Å². The second-order valence-electron chi connectivity index (χ2n) is 19.6. The summed E-state index contributed by atoms with van der Waals surface area (Å²) in [6.07, 6.45) is 1.83. The third kappa shape index (κ3) is 8.71. The molecule has 11 aromatic carbocycles. The number of ether oxygens (including phenoxy) is 1. The Morgan fingerprint density at radius 3 is 1.49 bits per heavy atom. The predicted molar refractivity (Wildman–Crippen MR) is 321 cm³/mol. The van der Waals surface area contributed by atoms with Crippen molar-refractivity contribution in [1.82, 2.24) is 9.55 Å². The molecule has 0 aliphatic carbocycles. The number of fused-ring (bicyclic) bond motifs is 5. The number of anilines is 4. The molecule has 0 atom stereocenters. The molecule has 0 spiro atoms. The molecule has 0 saturated carbocycles. The van der Waals surface area contributed by atoms with E-state index >= 15 is 0 Å². The molecule has 13 aromatic rings. The van der Waals surface area contributed by atoms with Crippen LogP contribution in [0.15, 0.2) is 277 Å². The van der Waals surface area contributed by atoms with Crippen molar-refractivity contribution in [3.05, 3.63) is 286 Å². The Morgan fingerprint density at radius 1 is 0.392 bits per heavy atom. The van der Waals surface area contributed by atoms with Gasteiger partial charge in [0.05, 0.1) is 0 Å². The summed E-state index contributed by atoms with van der Waals surface area (Å²) in [6, 6.07) is 101. The first kappa shape index (κ1) is 48.2. The van der Waals surface area contributed by atoms with Gasteiger partial charge in [-0.25, -0.2) is 4.98 Å². The summed E-state index contributed by atoms with van der Waals surface area (Å²) in [6.45, 7) is 2.26. The van der Waals surface area contributed by atoms with E-state index in [9.17, 15) is 0 Å². The van der Waals surface area contributed by atoms with E-state index in [1.54, 1.807) is 11.8 Å². The molecule has 4 heterocycles. The Morgan fingerprint density at radius 2 is 0.911 bits per heavy atom. The standard InChI is InChI=1S/C72H45N4OS.Pt/c1-5-19-48(20-6-1)52-39-53(49-21-7-2-8-22-49)42-56(41-52)60-28-17-29-61(57-43-54(50-23-9-3-10-24-50)40-55(44-57)51-25-11-4-12-26-51)71(60)74-47-75-67-46-59(35-37-68(67)78-69-32-18-31-65(74)72(69)75)77-58-34-36-63-62-27-13-14-30-64(62)76(66(63)45-58)70-33-15-16-38-73-70;/h1-44,47H;/q-3;. The second kappa shape index (κ2) is 20.3. The molecule has 15 rings (SSSR count). The van der Waals surface area contributed by atoms with E-state index in [1.807, 2.05) is 36.5 Å². The van der Waals surface area contributed by atoms with E-state index in [2.05, 4.69) is 264 Å². The summed E-state index contributed by atoms with van der Waals surface area (Å²) in [5, 5.41) is 2.21. The van der Waals surface area contributed by atoms with Crippen molar-refractivity contribution in [2.45, 2.75) is 9.79 Å². The first-order valence-corrected chi connectivity index (χ1v) is 27.0. The monoisotopic (exact) mass is 1210 g/mol. The van der Waals surface area contributed by atoms with Gasteiger partial charge in [-0.1, -0.05) is 186 Å². The molecule has 2 aliphatic heterocycles. The van der Waals surface area contributed by atoms with Gasteiger partial charge in [0, 0.05) is 77.4 Å². The molecule has 0 N–H and O–H groups in total. The van der Waals surface area contributed by atoms with Crippen LogP contribution in [0.3, 0.4) is 0 Å². The maximum atomic E-state index is 6.78. The fourth-order valence-electron chi connectivity index (χ4n) is 11.3. The number of rotatable bonds is 10. The summed E-state index contributed by atoms with van der Waals surface area (Å²) in [5.74, 6) is 2.01. The fraction of sp³-hybridized carbons (Fsp3) is 0. The topological polar surface area (TPSA) is 33.5 Å². The molecule has 5 nitrogen and oxygen atoms in total. The van der Waals surface area contributed by atoms with Crippen molar-refractivity contribution >= 4 is 56.3 Å². The van der Waals surface area contributed by atoms with E-state index in [0.29, 0.717) is 11.5 Å². The number of pyridine rings is 1. The van der Waals surface area contributed by atoms with Crippen LogP contribution in [0.4, 0.5) is 22.7 Å². The van der Waals surface area contributed by atoms with Crippen LogP contribution in [0, 0.1) is 18.8 Å². The Balaban J connectivity index is 0.00000564. The number of hydrogen-bond acceptors (Lipinski definition) is 5. The Kier molecular flexibility index (Phi) is 12.4. The molecular formula is C72H45N4OPtS-3. The molecule has 0 bridgehead atoms. The summed E-state index contributed by atoms with van der Waals surface area (Å²) < 4.78 is 8.94. The zero-order valence-electron chi connectivity index (χ0n) is 42.4. The minimum Gasteiger partial charge on any atom is -0.509 e. The third-order valence-electron chi connectivity index (χ3n) is 14.9. The van der Waals surface area contributed by atoms with Gasteiger partial charge < -0.3 is 19.1 Å². The minimum absolute atomic E-state index is 0. The number of benzene rings is 11. The molecular weight excluding hydrogens is 1160 g/mol. The Hall–Kier alpha value is -9.19. The van der Waals surface area contributed by atoms with Crippen molar-refractivity contribution < 1.29 is 25.8 Å². The zero-order valence-corrected chi connectivity index (χ0v) is 45.5. The molecule has 2 aliphatic rings. The van der Waals surface area contributed by atoms with E-state index in [1.165, 1.54) is 0 Å². The molecule has 0 radical (unpaired) electrons. The van der Waals surface area contributed by atoms with Crippen molar-refractivity contribution in [3.63, 3.8) is 0 Å². The molecule has 378 valence electrons. The van der Waals surface area contributed by atoms with Gasteiger partial charge in [-0.2, -0.15) is 23.9 Å². The SMILES string of the molecule is [Pt].[c-]1c(Oc2[c-]c3c(cc2)c2ccccc2n3-c2ccccn2)ccc2c1N1[CH-]N(c3c(-c4cc(-c5ccccc5)cc(-c5ccccc5)c4)cccc3-c3cc(-c4ccccc4)cc(-c4ccccc4)c3)c3cccc(c31)S2. The average Bonchev–Trinajstić information content (AvgIpc) is 4.30. The first-order valence-electron chi connectivity index (χ1n) is 26.2. The van der Waals surface area contributed by atoms with Crippen LogP contribution in [0.1, 0.15) is 0 Å². The molecule has 0 saturated heterocycles. The molecule has 79 heavy (non-hydrogen) atoms. The number of hydrogen-bond donors (Lipinski definition) is 0. The fourth-order valence-corrected chi connectivity index (χ4v) is 12.4. The van der Waals surface area contributed by atoms with Gasteiger partial charge >= 0.3 is 0 Å². The van der Waals surface area contributed by atoms with Crippen molar-refractivity contribution in [2.24, 2.45) is 0 Å². The Labute approximate surface area is 478 Å². The average molecular weight is 1210 g/mol. The van der Waals surface area contributed by atoms with Crippen LogP contribution in [-0.2, 0) is 21.1 Å². The van der Waals surface area contributed by atoms with E-state index in [-0.39, 0.29) is 21.1 Å². The van der Waals surface area contributed by atoms with Gasteiger partial charge in [-0.3, -0.25) is 0 Å². The summed E-state index contributed by atoms with van der Waals surface area (Å²) in [4.78, 5) is 11.7. The van der Waals surface area contributed by atoms with E-state index in [4.69, 9.17) is 9.72 Å². The molecule has 0 amide bonds. The molecule has 7 heteroatoms. The van der Waals surface area contributed by atoms with Crippen molar-refractivity contribution in [3.8, 4) is 84.1 Å². The number of nitrogens with zero attached hydrogens (tertiary/aromatic N) is 4. The van der Waals surface area contributed by atoms with Crippen LogP contribution >= 0.6 is 11.8 Å². The number of para-hydroxylation sites is 3. The van der Waals surface area contributed by atoms with E-state index in [0.717, 1.165) is 127 Å². The van der Waals surface area contributed by atoms with Crippen LogP contribution in [0.5, 0.6) is 11.5 Å². The van der Waals surface area contributed by atoms with Crippen LogP contribution in [0.2, 0.25) is 0 Å². The normalized spacial score (nSPS) is 12.3. The van der Waals surface area contributed by atoms with Gasteiger partial charge in [0.25, 0.3) is 0 Å². The maximum Gasteiger partial charge on any atom is 0.135 e. The molecule has 0 unspecified atom stereocenters. The summed E-state index contributed by atoms with van der Waals surface area (Å²) in [7, 11) is 0. The van der Waals surface area contributed by atoms with Gasteiger partial charge in [0.1, 0.15) is 5.82 Å². The summed E-state index contributed by atoms with van der Waals surface area (Å²) in [5.41, 5.74) is 19.8. The molecule has 0 fully saturated rings. The predicted octanol–water partition coefficient (Wildman–Crippen LogP) is 19.4. The van der Waals surface area contributed by atoms with Crippen LogP contribution in [-0.4, -0.2) is 9.55 Å². The van der Waals surface area contributed by atoms with Gasteiger partial charge in [0.15, 0.2) is 0 Å². The minimum atomic E-state index is 0. The van der Waals surface area contributed by atoms with E-state index < -0.39 is 0 Å². The molecule has 2 aromatic heterocycles.